The van der Waals surface area contributed by atoms with Gasteiger partial charge in [-0.25, -0.2) is 0 Å². The maximum atomic E-state index is 4.91. The number of benzene rings is 5. The van der Waals surface area contributed by atoms with Crippen molar-refractivity contribution in [2.45, 2.75) is 37.0 Å². The van der Waals surface area contributed by atoms with Crippen LogP contribution in [0.15, 0.2) is 164 Å². The summed E-state index contributed by atoms with van der Waals surface area (Å²) in [7, 11) is 0. The zero-order valence-electron chi connectivity index (χ0n) is 28.7. The molecule has 0 nitrogen and oxygen atoms in total. The molecule has 0 saturated carbocycles. The summed E-state index contributed by atoms with van der Waals surface area (Å²) in [5, 5.41) is 0. The molecule has 0 radical (unpaired) electrons. The molecule has 5 aromatic rings. The molecule has 2 unspecified atom stereocenters. The van der Waals surface area contributed by atoms with Gasteiger partial charge in [-0.3, -0.25) is 0 Å². The molecule has 10 rings (SSSR count). The molecule has 242 valence electrons. The monoisotopic (exact) mass is 650 g/mol. The van der Waals surface area contributed by atoms with E-state index in [2.05, 4.69) is 170 Å². The molecule has 0 amide bonds. The predicted molar refractivity (Wildman–Crippen MR) is 215 cm³/mol. The second kappa shape index (κ2) is 11.8. The van der Waals surface area contributed by atoms with Gasteiger partial charge in [0.2, 0.25) is 0 Å². The summed E-state index contributed by atoms with van der Waals surface area (Å²) in [6, 6.07) is 36.0. The average Bonchev–Trinajstić information content (AvgIpc) is 3.70. The summed E-state index contributed by atoms with van der Waals surface area (Å²) < 4.78 is 0. The third-order valence-corrected chi connectivity index (χ3v) is 11.7. The Morgan fingerprint density at radius 1 is 0.627 bits per heavy atom. The van der Waals surface area contributed by atoms with Gasteiger partial charge >= 0.3 is 0 Å². The van der Waals surface area contributed by atoms with E-state index in [0.29, 0.717) is 0 Å². The minimum Gasteiger partial charge on any atom is -0.120 e. The van der Waals surface area contributed by atoms with Crippen molar-refractivity contribution < 1.29 is 0 Å². The topological polar surface area (TPSA) is 0 Å². The first-order valence-corrected chi connectivity index (χ1v) is 18.4. The molecule has 51 heavy (non-hydrogen) atoms. The molecule has 0 saturated heterocycles. The fourth-order valence-electron chi connectivity index (χ4n) is 9.46. The zero-order chi connectivity index (χ0) is 33.9. The Hall–Kier alpha value is -5.94. The van der Waals surface area contributed by atoms with Gasteiger partial charge in [0, 0.05) is 5.92 Å². The number of hydrogen-bond donors (Lipinski definition) is 0. The number of allylic oxidation sites excluding steroid dienone is 10. The molecule has 0 aromatic heterocycles. The van der Waals surface area contributed by atoms with Crippen LogP contribution in [0.3, 0.4) is 0 Å². The highest BCUT2D eigenvalue weighted by atomic mass is 14.5. The standard InChI is InChI=1S/C51H38/c1-34-14-5-6-17-38-18-7-10-27-47(38)51(34)48-33-41(30-31-46(48)49-44-24-9-8-23-42(44)43-25-13-26-45(43)50(49)51)40-22-12-21-39(32-40)37-20-11-19-36(28-29-37)35-15-3-2-4-16-35/h2-7,10-12,14-22,25-33,37H,1,8-9,23-24H2/b14-5-,17-6-. The SMILES string of the molecule is C=C1/C=C\C=C/c2ccccc2C12c1cc(-c3cccc(C4C=CC=C(c5ccccc5)C=C4)c3)ccc1-c1c3c(c4c(c12)C=C=C4)CCCC3. The predicted octanol–water partition coefficient (Wildman–Crippen LogP) is 12.6. The van der Waals surface area contributed by atoms with E-state index in [-0.39, 0.29) is 5.92 Å². The molecule has 0 fully saturated rings. The molecule has 5 aliphatic rings. The van der Waals surface area contributed by atoms with Gasteiger partial charge in [-0.05, 0) is 133 Å². The molecule has 5 aromatic carbocycles. The van der Waals surface area contributed by atoms with E-state index in [9.17, 15) is 0 Å². The van der Waals surface area contributed by atoms with Crippen molar-refractivity contribution in [1.29, 1.82) is 0 Å². The van der Waals surface area contributed by atoms with Gasteiger partial charge in [-0.2, -0.15) is 0 Å². The van der Waals surface area contributed by atoms with E-state index < -0.39 is 5.41 Å². The van der Waals surface area contributed by atoms with E-state index in [0.717, 1.165) is 18.4 Å². The minimum absolute atomic E-state index is 0.190. The Bertz CT molecular complexity index is 2520. The first-order chi connectivity index (χ1) is 25.2. The Morgan fingerprint density at radius 2 is 1.41 bits per heavy atom. The molecular weight excluding hydrogens is 613 g/mol. The molecule has 0 heterocycles. The van der Waals surface area contributed by atoms with Crippen molar-refractivity contribution in [1.82, 2.24) is 0 Å². The summed E-state index contributed by atoms with van der Waals surface area (Å²) in [4.78, 5) is 0. The van der Waals surface area contributed by atoms with E-state index in [1.54, 1.807) is 5.56 Å². The van der Waals surface area contributed by atoms with Crippen LogP contribution >= 0.6 is 0 Å². The van der Waals surface area contributed by atoms with Crippen LogP contribution in [0.5, 0.6) is 0 Å². The van der Waals surface area contributed by atoms with Crippen LogP contribution in [0.1, 0.15) is 74.4 Å². The van der Waals surface area contributed by atoms with Gasteiger partial charge in [0.05, 0.1) is 5.41 Å². The van der Waals surface area contributed by atoms with Crippen molar-refractivity contribution >= 4 is 23.8 Å². The normalized spacial score (nSPS) is 21.5. The summed E-state index contributed by atoms with van der Waals surface area (Å²) >= 11 is 0. The van der Waals surface area contributed by atoms with Gasteiger partial charge in [-0.15, -0.1) is 5.73 Å². The van der Waals surface area contributed by atoms with Gasteiger partial charge in [0.1, 0.15) is 0 Å². The Balaban J connectivity index is 1.17. The fraction of sp³-hybridized carbons (Fsp3) is 0.118. The third-order valence-electron chi connectivity index (χ3n) is 11.7. The van der Waals surface area contributed by atoms with Gasteiger partial charge < -0.3 is 0 Å². The van der Waals surface area contributed by atoms with Crippen molar-refractivity contribution in [2.75, 3.05) is 0 Å². The molecule has 5 aliphatic carbocycles. The zero-order valence-corrected chi connectivity index (χ0v) is 28.7. The van der Waals surface area contributed by atoms with E-state index in [1.165, 1.54) is 90.7 Å². The summed E-state index contributed by atoms with van der Waals surface area (Å²) in [5.74, 6) is 0.190. The lowest BCUT2D eigenvalue weighted by Gasteiger charge is -2.38. The Morgan fingerprint density at radius 3 is 2.33 bits per heavy atom. The summed E-state index contributed by atoms with van der Waals surface area (Å²) in [5.41, 5.74) is 24.2. The smallest absolute Gasteiger partial charge is 0.0720 e. The van der Waals surface area contributed by atoms with E-state index in [1.807, 2.05) is 0 Å². The lowest BCUT2D eigenvalue weighted by atomic mass is 9.63. The highest BCUT2D eigenvalue weighted by Gasteiger charge is 2.50. The van der Waals surface area contributed by atoms with Crippen LogP contribution in [0.4, 0.5) is 0 Å². The third kappa shape index (κ3) is 4.54. The fourth-order valence-corrected chi connectivity index (χ4v) is 9.46. The van der Waals surface area contributed by atoms with Crippen molar-refractivity contribution in [3.8, 4) is 22.3 Å². The highest BCUT2D eigenvalue weighted by molar-refractivity contribution is 5.98. The first kappa shape index (κ1) is 29.9. The van der Waals surface area contributed by atoms with Crippen LogP contribution < -0.4 is 0 Å². The van der Waals surface area contributed by atoms with Crippen molar-refractivity contribution in [3.05, 3.63) is 219 Å². The lowest BCUT2D eigenvalue weighted by Crippen LogP contribution is -2.31. The maximum absolute atomic E-state index is 4.91. The molecule has 2 atom stereocenters. The molecule has 0 N–H and O–H groups in total. The quantitative estimate of drug-likeness (QED) is 0.167. The van der Waals surface area contributed by atoms with Gasteiger partial charge in [-0.1, -0.05) is 152 Å². The summed E-state index contributed by atoms with van der Waals surface area (Å²) in [6.45, 7) is 4.91. The second-order valence-electron chi connectivity index (χ2n) is 14.4. The Kier molecular flexibility index (Phi) is 6.95. The average molecular weight is 651 g/mol. The molecule has 1 spiro atoms. The van der Waals surface area contributed by atoms with Crippen LogP contribution in [0.2, 0.25) is 0 Å². The number of hydrogen-bond acceptors (Lipinski definition) is 0. The first-order valence-electron chi connectivity index (χ1n) is 18.4. The highest BCUT2D eigenvalue weighted by Crippen LogP contribution is 2.62. The number of rotatable bonds is 3. The maximum Gasteiger partial charge on any atom is 0.0720 e. The minimum atomic E-state index is -0.532. The van der Waals surface area contributed by atoms with Crippen molar-refractivity contribution in [3.63, 3.8) is 0 Å². The summed E-state index contributed by atoms with van der Waals surface area (Å²) in [6.07, 6.45) is 29.4. The van der Waals surface area contributed by atoms with Crippen LogP contribution in [0.25, 0.3) is 46.1 Å². The largest absolute Gasteiger partial charge is 0.120 e. The Labute approximate surface area is 301 Å². The molecule has 0 heteroatoms. The van der Waals surface area contributed by atoms with Gasteiger partial charge in [0.15, 0.2) is 0 Å². The second-order valence-corrected chi connectivity index (χ2v) is 14.4. The van der Waals surface area contributed by atoms with Gasteiger partial charge in [0.25, 0.3) is 0 Å². The van der Waals surface area contributed by atoms with E-state index >= 15 is 0 Å². The number of fused-ring (bicyclic) bond motifs is 12. The van der Waals surface area contributed by atoms with Crippen molar-refractivity contribution in [2.24, 2.45) is 0 Å². The lowest BCUT2D eigenvalue weighted by molar-refractivity contribution is 0.682. The molecule has 0 bridgehead atoms. The molecule has 0 aliphatic heterocycles. The molecular formula is C51H38. The van der Waals surface area contributed by atoms with E-state index in [4.69, 9.17) is 6.58 Å². The van der Waals surface area contributed by atoms with Crippen LogP contribution in [0, 0.1) is 0 Å². The van der Waals surface area contributed by atoms with Crippen LogP contribution in [-0.2, 0) is 18.3 Å². The van der Waals surface area contributed by atoms with Crippen LogP contribution in [-0.4, -0.2) is 0 Å².